The van der Waals surface area contributed by atoms with Crippen molar-refractivity contribution in [2.75, 3.05) is 0 Å². The molecule has 0 radical (unpaired) electrons. The zero-order chi connectivity index (χ0) is 21.5. The molecule has 0 fully saturated rings. The first-order valence-electron chi connectivity index (χ1n) is 9.60. The van der Waals surface area contributed by atoms with Gasteiger partial charge in [0.1, 0.15) is 8.07 Å². The molecule has 0 spiro atoms. The number of halogens is 3. The van der Waals surface area contributed by atoms with E-state index < -0.39 is 32.4 Å². The Hall–Kier alpha value is -1.98. The van der Waals surface area contributed by atoms with Gasteiger partial charge in [0.05, 0.1) is 5.92 Å². The van der Waals surface area contributed by atoms with Gasteiger partial charge in [0.15, 0.2) is 0 Å². The van der Waals surface area contributed by atoms with Crippen LogP contribution < -0.4 is 0 Å². The monoisotopic (exact) mass is 406 g/mol. The summed E-state index contributed by atoms with van der Waals surface area (Å²) in [6, 6.07) is 8.59. The van der Waals surface area contributed by atoms with Crippen molar-refractivity contribution >= 4 is 13.9 Å². The molecule has 0 aliphatic heterocycles. The second-order valence-electron chi connectivity index (χ2n) is 8.00. The van der Waals surface area contributed by atoms with Crippen LogP contribution in [0, 0.1) is 23.3 Å². The van der Waals surface area contributed by atoms with Crippen molar-refractivity contribution in [3.63, 3.8) is 0 Å². The summed E-state index contributed by atoms with van der Waals surface area (Å²) in [7, 11) is -1.95. The number of carbonyl (C=O) groups is 1. The Morgan fingerprint density at radius 2 is 1.43 bits per heavy atom. The highest BCUT2D eigenvalue weighted by molar-refractivity contribution is 6.90. The number of alkyl halides is 3. The zero-order valence-electron chi connectivity index (χ0n) is 17.4. The van der Waals surface area contributed by atoms with Crippen molar-refractivity contribution in [2.45, 2.75) is 76.7 Å². The van der Waals surface area contributed by atoms with Crippen LogP contribution in [0.25, 0.3) is 0 Å². The maximum Gasteiger partial charge on any atom is 0.450 e. The van der Waals surface area contributed by atoms with E-state index in [-0.39, 0.29) is 0 Å². The van der Waals surface area contributed by atoms with E-state index in [1.165, 1.54) is 0 Å². The fraction of sp³-hybridized carbons (Fsp3) is 0.522. The van der Waals surface area contributed by atoms with Crippen molar-refractivity contribution in [1.29, 1.82) is 0 Å². The first kappa shape index (κ1) is 24.1. The molecule has 0 saturated heterocycles. The summed E-state index contributed by atoms with van der Waals surface area (Å²) in [4.78, 5) is 11.5. The highest BCUT2D eigenvalue weighted by atomic mass is 28.3. The van der Waals surface area contributed by atoms with Gasteiger partial charge in [-0.3, -0.25) is 4.79 Å². The summed E-state index contributed by atoms with van der Waals surface area (Å²) in [5.41, 5.74) is 5.35. The minimum absolute atomic E-state index is 0.443. The molecule has 0 N–H and O–H groups in total. The lowest BCUT2D eigenvalue weighted by molar-refractivity contribution is -0.171. The molecule has 152 valence electrons. The van der Waals surface area contributed by atoms with E-state index >= 15 is 0 Å². The number of hydrogen-bond donors (Lipinski definition) is 0. The largest absolute Gasteiger partial charge is 0.450 e. The fourth-order valence-corrected chi connectivity index (χ4v) is 9.08. The number of Topliss-reactive ketones (excluding diaryl/α,β-unsaturated/α-hetero) is 1. The molecule has 1 aromatic carbocycles. The van der Waals surface area contributed by atoms with Gasteiger partial charge in [-0.15, -0.1) is 5.54 Å². The summed E-state index contributed by atoms with van der Waals surface area (Å²) >= 11 is 0. The van der Waals surface area contributed by atoms with Gasteiger partial charge in [0, 0.05) is 6.42 Å². The molecule has 0 heterocycles. The molecule has 1 rings (SSSR count). The molecular weight excluding hydrogens is 377 g/mol. The van der Waals surface area contributed by atoms with Crippen molar-refractivity contribution in [3.8, 4) is 23.3 Å². The highest BCUT2D eigenvalue weighted by Crippen LogP contribution is 2.40. The van der Waals surface area contributed by atoms with E-state index in [0.717, 1.165) is 0 Å². The lowest BCUT2D eigenvalue weighted by Gasteiger charge is -2.37. The Kier molecular flexibility index (Phi) is 8.58. The van der Waals surface area contributed by atoms with Gasteiger partial charge < -0.3 is 0 Å². The predicted octanol–water partition coefficient (Wildman–Crippen LogP) is 6.52. The van der Waals surface area contributed by atoms with E-state index in [9.17, 15) is 18.0 Å². The minimum atomic E-state index is -4.85. The van der Waals surface area contributed by atoms with Crippen molar-refractivity contribution in [1.82, 2.24) is 0 Å². The predicted molar refractivity (Wildman–Crippen MR) is 111 cm³/mol. The topological polar surface area (TPSA) is 17.1 Å². The van der Waals surface area contributed by atoms with Gasteiger partial charge >= 0.3 is 6.18 Å². The number of carbonyl (C=O) groups excluding carboxylic acids is 1. The summed E-state index contributed by atoms with van der Waals surface area (Å²) < 4.78 is 38.1. The van der Waals surface area contributed by atoms with Gasteiger partial charge in [-0.1, -0.05) is 77.8 Å². The lowest BCUT2D eigenvalue weighted by Crippen LogP contribution is -2.43. The van der Waals surface area contributed by atoms with Crippen LogP contribution in [0.2, 0.25) is 16.6 Å². The normalized spacial score (nSPS) is 13.0. The third-order valence-corrected chi connectivity index (χ3v) is 11.7. The Morgan fingerprint density at radius 3 is 1.86 bits per heavy atom. The molecule has 0 aromatic heterocycles. The fourth-order valence-electron chi connectivity index (χ4n) is 3.93. The maximum absolute atomic E-state index is 12.7. The van der Waals surface area contributed by atoms with Crippen LogP contribution in [0.3, 0.4) is 0 Å². The molecule has 28 heavy (non-hydrogen) atoms. The Morgan fingerprint density at radius 1 is 0.929 bits per heavy atom. The third-order valence-electron chi connectivity index (χ3n) is 5.36. The second-order valence-corrected chi connectivity index (χ2v) is 13.6. The molecule has 0 unspecified atom stereocenters. The molecule has 0 aliphatic rings. The van der Waals surface area contributed by atoms with Crippen molar-refractivity contribution < 1.29 is 18.0 Å². The average molecular weight is 407 g/mol. The summed E-state index contributed by atoms with van der Waals surface area (Å²) in [6.07, 6.45) is -5.54. The van der Waals surface area contributed by atoms with Crippen LogP contribution in [0.15, 0.2) is 30.3 Å². The van der Waals surface area contributed by atoms with Gasteiger partial charge in [0.25, 0.3) is 0 Å². The maximum atomic E-state index is 12.7. The van der Waals surface area contributed by atoms with Crippen molar-refractivity contribution in [3.05, 3.63) is 35.9 Å². The van der Waals surface area contributed by atoms with E-state index in [1.807, 2.05) is 0 Å². The summed E-state index contributed by atoms with van der Waals surface area (Å²) in [5, 5.41) is 0. The van der Waals surface area contributed by atoms with E-state index in [0.29, 0.717) is 22.2 Å². The second kappa shape index (κ2) is 9.98. The number of benzene rings is 1. The van der Waals surface area contributed by atoms with Crippen LogP contribution in [0.1, 0.15) is 59.4 Å². The van der Waals surface area contributed by atoms with Crippen LogP contribution in [-0.4, -0.2) is 20.0 Å². The van der Waals surface area contributed by atoms with Gasteiger partial charge in [-0.25, -0.2) is 0 Å². The number of hydrogen-bond acceptors (Lipinski definition) is 1. The van der Waals surface area contributed by atoms with Gasteiger partial charge in [-0.2, -0.15) is 13.2 Å². The van der Waals surface area contributed by atoms with Crippen LogP contribution in [0.4, 0.5) is 13.2 Å². The summed E-state index contributed by atoms with van der Waals surface area (Å²) in [6.45, 7) is 13.1. The smallest absolute Gasteiger partial charge is 0.290 e. The molecule has 0 amide bonds. The average Bonchev–Trinajstić information content (AvgIpc) is 2.59. The molecule has 0 bridgehead atoms. The van der Waals surface area contributed by atoms with Crippen molar-refractivity contribution in [2.24, 2.45) is 0 Å². The minimum Gasteiger partial charge on any atom is -0.290 e. The number of rotatable bonds is 6. The van der Waals surface area contributed by atoms with Crippen LogP contribution in [0.5, 0.6) is 0 Å². The van der Waals surface area contributed by atoms with E-state index in [4.69, 9.17) is 0 Å². The molecule has 1 nitrogen and oxygen atoms in total. The third kappa shape index (κ3) is 6.01. The molecule has 5 heteroatoms. The number of ketones is 1. The first-order valence-corrected chi connectivity index (χ1v) is 11.8. The molecule has 1 atom stereocenters. The molecule has 0 aliphatic carbocycles. The Bertz CT molecular complexity index is 750. The quantitative estimate of drug-likeness (QED) is 0.388. The van der Waals surface area contributed by atoms with E-state index in [1.54, 1.807) is 30.3 Å². The lowest BCUT2D eigenvalue weighted by atomic mass is 9.94. The highest BCUT2D eigenvalue weighted by Gasteiger charge is 2.42. The van der Waals surface area contributed by atoms with Gasteiger partial charge in [-0.05, 0) is 34.0 Å². The Labute approximate surface area is 168 Å². The van der Waals surface area contributed by atoms with Crippen LogP contribution in [-0.2, 0) is 4.79 Å². The molecular formula is C23H29F3OSi. The van der Waals surface area contributed by atoms with E-state index in [2.05, 4.69) is 64.8 Å². The van der Waals surface area contributed by atoms with Crippen LogP contribution >= 0.6 is 0 Å². The molecule has 1 aromatic rings. The van der Waals surface area contributed by atoms with Gasteiger partial charge in [0.2, 0.25) is 5.78 Å². The SMILES string of the molecule is CC(C)[Si](C#CC#C[C@H](CC(=O)C(F)(F)F)c1ccccc1)(C(C)C)C(C)C. The first-order chi connectivity index (χ1) is 12.9. The summed E-state index contributed by atoms with van der Waals surface area (Å²) in [5.74, 6) is 5.93. The Balaban J connectivity index is 3.24. The standard InChI is InChI=1S/C23H29F3OSi/c1-17(2)28(18(3)4,19(5)6)15-11-10-14-21(16-22(27)23(24,25)26)20-12-8-7-9-13-20/h7-9,12-13,17-19,21H,16H2,1-6H3/t21-/m1/s1. The zero-order valence-corrected chi connectivity index (χ0v) is 18.4. The molecule has 0 saturated carbocycles.